The van der Waals surface area contributed by atoms with Crippen molar-refractivity contribution in [3.05, 3.63) is 29.6 Å². The molecule has 1 aliphatic rings. The normalized spacial score (nSPS) is 20.3. The molecule has 0 spiro atoms. The zero-order valence-electron chi connectivity index (χ0n) is 13.7. The minimum absolute atomic E-state index is 0.0129. The second kappa shape index (κ2) is 7.10. The van der Waals surface area contributed by atoms with Gasteiger partial charge in [0.25, 0.3) is 0 Å². The highest BCUT2D eigenvalue weighted by Crippen LogP contribution is 2.33. The molecule has 1 saturated carbocycles. The van der Waals surface area contributed by atoms with Crippen LogP contribution in [0.5, 0.6) is 5.75 Å². The number of hydrogen-bond acceptors (Lipinski definition) is 6. The summed E-state index contributed by atoms with van der Waals surface area (Å²) in [5.74, 6) is -1.60. The van der Waals surface area contributed by atoms with Crippen molar-refractivity contribution in [2.24, 2.45) is 0 Å². The van der Waals surface area contributed by atoms with E-state index in [4.69, 9.17) is 9.26 Å². The molecule has 1 aliphatic carbocycles. The molecule has 1 aromatic carbocycles. The summed E-state index contributed by atoms with van der Waals surface area (Å²) in [6.45, 7) is 0. The number of hydrogen-bond donors (Lipinski definition) is 3. The number of carboxylic acid groups (broad SMARTS) is 1. The topological polar surface area (TPSA) is 105 Å². The Morgan fingerprint density at radius 3 is 2.72 bits per heavy atom. The van der Waals surface area contributed by atoms with Crippen molar-refractivity contribution in [2.45, 2.75) is 37.8 Å². The fourth-order valence-corrected chi connectivity index (χ4v) is 3.00. The number of anilines is 1. The first kappa shape index (κ1) is 17.2. The van der Waals surface area contributed by atoms with Crippen LogP contribution in [0.2, 0.25) is 0 Å². The molecular formula is C17H19FN2O5. The van der Waals surface area contributed by atoms with Gasteiger partial charge in [-0.1, -0.05) is 5.16 Å². The van der Waals surface area contributed by atoms with Gasteiger partial charge in [0, 0.05) is 11.6 Å². The van der Waals surface area contributed by atoms with Crippen LogP contribution in [-0.2, 0) is 0 Å². The van der Waals surface area contributed by atoms with Crippen LogP contribution in [0.15, 0.2) is 22.7 Å². The maximum absolute atomic E-state index is 13.6. The Balaban J connectivity index is 1.91. The fourth-order valence-electron chi connectivity index (χ4n) is 3.00. The second-order valence-electron chi connectivity index (χ2n) is 6.04. The van der Waals surface area contributed by atoms with Crippen molar-refractivity contribution < 1.29 is 28.7 Å². The largest absolute Gasteiger partial charge is 0.494 e. The molecule has 134 valence electrons. The molecular weight excluding hydrogens is 331 g/mol. The SMILES string of the molecule is COc1cc(-c2onc(NC3CCC(O)CC3)c2C(=O)O)ccc1F. The van der Waals surface area contributed by atoms with E-state index in [0.29, 0.717) is 31.2 Å². The zero-order chi connectivity index (χ0) is 18.0. The Hall–Kier alpha value is -2.61. The molecule has 1 fully saturated rings. The van der Waals surface area contributed by atoms with Gasteiger partial charge in [0.05, 0.1) is 13.2 Å². The molecule has 1 aromatic heterocycles. The molecule has 0 unspecified atom stereocenters. The number of aromatic carboxylic acids is 1. The van der Waals surface area contributed by atoms with Crippen molar-refractivity contribution in [1.82, 2.24) is 5.16 Å². The van der Waals surface area contributed by atoms with Crippen LogP contribution in [0.3, 0.4) is 0 Å². The maximum atomic E-state index is 13.6. The van der Waals surface area contributed by atoms with E-state index < -0.39 is 11.8 Å². The van der Waals surface area contributed by atoms with Gasteiger partial charge in [-0.3, -0.25) is 0 Å². The quantitative estimate of drug-likeness (QED) is 0.761. The van der Waals surface area contributed by atoms with E-state index in [9.17, 15) is 19.4 Å². The Morgan fingerprint density at radius 1 is 1.36 bits per heavy atom. The molecule has 0 bridgehead atoms. The standard InChI is InChI=1S/C17H19FN2O5/c1-24-13-8-9(2-7-12(13)18)15-14(17(22)23)16(20-25-15)19-10-3-5-11(21)6-4-10/h2,7-8,10-11,21H,3-6H2,1H3,(H,19,20)(H,22,23). The lowest BCUT2D eigenvalue weighted by atomic mass is 9.93. The highest BCUT2D eigenvalue weighted by molar-refractivity contribution is 5.99. The van der Waals surface area contributed by atoms with Crippen LogP contribution in [-0.4, -0.2) is 40.6 Å². The number of aliphatic hydroxyl groups excluding tert-OH is 1. The Morgan fingerprint density at radius 2 is 2.08 bits per heavy atom. The van der Waals surface area contributed by atoms with Gasteiger partial charge in [0.1, 0.15) is 0 Å². The molecule has 1 heterocycles. The lowest BCUT2D eigenvalue weighted by Crippen LogP contribution is -2.28. The molecule has 0 amide bonds. The minimum atomic E-state index is -1.20. The van der Waals surface area contributed by atoms with Gasteiger partial charge in [-0.15, -0.1) is 0 Å². The highest BCUT2D eigenvalue weighted by atomic mass is 19.1. The number of aliphatic hydroxyl groups is 1. The smallest absolute Gasteiger partial charge is 0.343 e. The third-order valence-electron chi connectivity index (χ3n) is 4.36. The number of carbonyl (C=O) groups is 1. The average Bonchev–Trinajstić information content (AvgIpc) is 3.01. The van der Waals surface area contributed by atoms with Crippen molar-refractivity contribution in [2.75, 3.05) is 12.4 Å². The van der Waals surface area contributed by atoms with Crippen LogP contribution in [0, 0.1) is 5.82 Å². The molecule has 3 N–H and O–H groups in total. The van der Waals surface area contributed by atoms with Gasteiger partial charge in [-0.25, -0.2) is 9.18 Å². The number of halogens is 1. The molecule has 0 saturated heterocycles. The van der Waals surface area contributed by atoms with Gasteiger partial charge in [-0.2, -0.15) is 0 Å². The molecule has 7 nitrogen and oxygen atoms in total. The summed E-state index contributed by atoms with van der Waals surface area (Å²) in [4.78, 5) is 11.7. The minimum Gasteiger partial charge on any atom is -0.494 e. The van der Waals surface area contributed by atoms with Gasteiger partial charge in [-0.05, 0) is 43.9 Å². The second-order valence-corrected chi connectivity index (χ2v) is 6.04. The number of carboxylic acids is 1. The van der Waals surface area contributed by atoms with E-state index >= 15 is 0 Å². The number of aromatic nitrogens is 1. The predicted molar refractivity (Wildman–Crippen MR) is 87.3 cm³/mol. The van der Waals surface area contributed by atoms with Crippen LogP contribution >= 0.6 is 0 Å². The van der Waals surface area contributed by atoms with Crippen molar-refractivity contribution >= 4 is 11.8 Å². The summed E-state index contributed by atoms with van der Waals surface area (Å²) in [7, 11) is 1.32. The molecule has 3 rings (SSSR count). The van der Waals surface area contributed by atoms with Gasteiger partial charge in [0.15, 0.2) is 28.7 Å². The summed E-state index contributed by atoms with van der Waals surface area (Å²) >= 11 is 0. The Kier molecular flexibility index (Phi) is 4.89. The van der Waals surface area contributed by atoms with E-state index in [-0.39, 0.29) is 35.0 Å². The van der Waals surface area contributed by atoms with E-state index in [1.807, 2.05) is 0 Å². The lowest BCUT2D eigenvalue weighted by molar-refractivity contribution is 0.0698. The lowest BCUT2D eigenvalue weighted by Gasteiger charge is -2.26. The average molecular weight is 350 g/mol. The van der Waals surface area contributed by atoms with E-state index in [1.54, 1.807) is 0 Å². The number of ether oxygens (including phenoxy) is 1. The highest BCUT2D eigenvalue weighted by Gasteiger charge is 2.27. The molecule has 0 atom stereocenters. The first-order chi connectivity index (χ1) is 12.0. The molecule has 0 radical (unpaired) electrons. The summed E-state index contributed by atoms with van der Waals surface area (Å²) in [5.41, 5.74) is 0.245. The van der Waals surface area contributed by atoms with E-state index in [0.717, 1.165) is 0 Å². The van der Waals surface area contributed by atoms with Crippen molar-refractivity contribution in [3.63, 3.8) is 0 Å². The first-order valence-corrected chi connectivity index (χ1v) is 8.01. The Bertz CT molecular complexity index is 768. The van der Waals surface area contributed by atoms with E-state index in [1.165, 1.54) is 25.3 Å². The number of benzene rings is 1. The van der Waals surface area contributed by atoms with E-state index in [2.05, 4.69) is 10.5 Å². The maximum Gasteiger partial charge on any atom is 0.343 e. The Labute approximate surface area is 143 Å². The zero-order valence-corrected chi connectivity index (χ0v) is 13.7. The molecule has 8 heteroatoms. The van der Waals surface area contributed by atoms with Crippen molar-refractivity contribution in [3.8, 4) is 17.1 Å². The van der Waals surface area contributed by atoms with Gasteiger partial charge >= 0.3 is 5.97 Å². The molecule has 25 heavy (non-hydrogen) atoms. The van der Waals surface area contributed by atoms with Crippen LogP contribution in [0.25, 0.3) is 11.3 Å². The van der Waals surface area contributed by atoms with Gasteiger partial charge in [0.2, 0.25) is 0 Å². The van der Waals surface area contributed by atoms with Crippen LogP contribution < -0.4 is 10.1 Å². The van der Waals surface area contributed by atoms with Gasteiger partial charge < -0.3 is 24.8 Å². The number of nitrogens with zero attached hydrogens (tertiary/aromatic N) is 1. The van der Waals surface area contributed by atoms with Crippen molar-refractivity contribution in [1.29, 1.82) is 0 Å². The third kappa shape index (κ3) is 3.58. The first-order valence-electron chi connectivity index (χ1n) is 8.01. The number of nitrogens with one attached hydrogen (secondary N) is 1. The summed E-state index contributed by atoms with van der Waals surface area (Å²) in [6, 6.07) is 3.97. The molecule has 2 aromatic rings. The number of methoxy groups -OCH3 is 1. The van der Waals surface area contributed by atoms with Crippen LogP contribution in [0.1, 0.15) is 36.0 Å². The van der Waals surface area contributed by atoms with Crippen LogP contribution in [0.4, 0.5) is 10.2 Å². The summed E-state index contributed by atoms with van der Waals surface area (Å²) < 4.78 is 23.7. The third-order valence-corrected chi connectivity index (χ3v) is 4.36. The summed E-state index contributed by atoms with van der Waals surface area (Å²) in [5, 5.41) is 26.0. The monoisotopic (exact) mass is 350 g/mol. The predicted octanol–water partition coefficient (Wildman–Crippen LogP) is 2.90. The summed E-state index contributed by atoms with van der Waals surface area (Å²) in [6.07, 6.45) is 2.43. The fraction of sp³-hybridized carbons (Fsp3) is 0.412. The number of rotatable bonds is 5. The molecule has 0 aliphatic heterocycles.